The van der Waals surface area contributed by atoms with Crippen molar-refractivity contribution in [3.63, 3.8) is 0 Å². The van der Waals surface area contributed by atoms with Crippen molar-refractivity contribution in [1.29, 1.82) is 5.26 Å². The van der Waals surface area contributed by atoms with Crippen LogP contribution < -0.4 is 0 Å². The second-order valence-electron chi connectivity index (χ2n) is 6.51. The molecule has 2 unspecified atom stereocenters. The van der Waals surface area contributed by atoms with Gasteiger partial charge in [-0.15, -0.1) is 0 Å². The van der Waals surface area contributed by atoms with Crippen molar-refractivity contribution in [3.05, 3.63) is 56.7 Å². The summed E-state index contributed by atoms with van der Waals surface area (Å²) in [6.45, 7) is 1.18. The van der Waals surface area contributed by atoms with Crippen molar-refractivity contribution >= 4 is 22.6 Å². The Balaban J connectivity index is 3.13. The minimum Gasteiger partial charge on any atom is -0.225 e. The van der Waals surface area contributed by atoms with E-state index < -0.39 is 40.5 Å². The number of halogens is 10. The zero-order valence-corrected chi connectivity index (χ0v) is 16.6. The molecular formula is C18H11F9IN. The molecule has 0 bridgehead atoms. The monoisotopic (exact) mass is 539 g/mol. The van der Waals surface area contributed by atoms with Crippen LogP contribution in [0.4, 0.5) is 39.5 Å². The Kier molecular flexibility index (Phi) is 5.86. The minimum absolute atomic E-state index is 0.0612. The highest BCUT2D eigenvalue weighted by Crippen LogP contribution is 2.63. The predicted molar refractivity (Wildman–Crippen MR) is 94.2 cm³/mol. The topological polar surface area (TPSA) is 23.8 Å². The van der Waals surface area contributed by atoms with E-state index in [0.29, 0.717) is 12.2 Å². The lowest BCUT2D eigenvalue weighted by Crippen LogP contribution is -2.71. The van der Waals surface area contributed by atoms with Crippen molar-refractivity contribution in [3.8, 4) is 6.07 Å². The third-order valence-electron chi connectivity index (χ3n) is 4.55. The van der Waals surface area contributed by atoms with Gasteiger partial charge in [-0.1, -0.05) is 35.9 Å². The maximum absolute atomic E-state index is 15.7. The largest absolute Gasteiger partial charge is 0.457 e. The Morgan fingerprint density at radius 3 is 1.93 bits per heavy atom. The number of allylic oxidation sites excluding steroid dienone is 4. The number of rotatable bonds is 3. The van der Waals surface area contributed by atoms with Crippen LogP contribution in [0.2, 0.25) is 0 Å². The highest BCUT2D eigenvalue weighted by molar-refractivity contribution is 14.1. The van der Waals surface area contributed by atoms with E-state index in [9.17, 15) is 40.4 Å². The Bertz CT molecular complexity index is 887. The summed E-state index contributed by atoms with van der Waals surface area (Å²) in [6, 6.07) is 5.28. The fourth-order valence-corrected chi connectivity index (χ4v) is 4.49. The van der Waals surface area contributed by atoms with Gasteiger partial charge in [0.15, 0.2) is 0 Å². The molecule has 2 rings (SSSR count). The van der Waals surface area contributed by atoms with E-state index in [4.69, 9.17) is 0 Å². The van der Waals surface area contributed by atoms with E-state index >= 15 is 4.39 Å². The third kappa shape index (κ3) is 3.43. The molecule has 0 N–H and O–H groups in total. The van der Waals surface area contributed by atoms with Crippen LogP contribution in [0.1, 0.15) is 24.5 Å². The van der Waals surface area contributed by atoms with Crippen LogP contribution in [0.15, 0.2) is 45.6 Å². The van der Waals surface area contributed by atoms with Crippen LogP contribution >= 0.6 is 22.6 Å². The fraction of sp³-hybridized carbons (Fsp3) is 0.389. The van der Waals surface area contributed by atoms with Crippen molar-refractivity contribution in [2.24, 2.45) is 0 Å². The van der Waals surface area contributed by atoms with Gasteiger partial charge in [-0.2, -0.15) is 40.4 Å². The summed E-state index contributed by atoms with van der Waals surface area (Å²) in [6.07, 6.45) is -12.8. The molecule has 0 fully saturated rings. The van der Waals surface area contributed by atoms with Gasteiger partial charge in [0.1, 0.15) is 0 Å². The van der Waals surface area contributed by atoms with Crippen LogP contribution in [0.25, 0.3) is 0 Å². The molecule has 1 nitrogen and oxygen atoms in total. The van der Waals surface area contributed by atoms with E-state index in [1.807, 2.05) is 0 Å². The summed E-state index contributed by atoms with van der Waals surface area (Å²) >= 11 is 1.44. The number of benzene rings is 1. The molecule has 0 amide bonds. The molecule has 0 aliphatic heterocycles. The SMILES string of the molecule is CC1=CC(c2ccccc2C#N)(C(F)(C(F)(F)F)C(F)(F)C(F)(F)F)C=C(I)C1. The highest BCUT2D eigenvalue weighted by atomic mass is 127. The Morgan fingerprint density at radius 1 is 0.931 bits per heavy atom. The number of alkyl halides is 9. The predicted octanol–water partition coefficient (Wildman–Crippen LogP) is 6.93. The Morgan fingerprint density at radius 2 is 1.48 bits per heavy atom. The van der Waals surface area contributed by atoms with Gasteiger partial charge in [0.05, 0.1) is 17.0 Å². The molecule has 1 aromatic rings. The Labute approximate surface area is 173 Å². The van der Waals surface area contributed by atoms with Gasteiger partial charge in [-0.25, -0.2) is 4.39 Å². The molecule has 0 saturated heterocycles. The van der Waals surface area contributed by atoms with Crippen LogP contribution in [0.5, 0.6) is 0 Å². The molecule has 158 valence electrons. The van der Waals surface area contributed by atoms with E-state index in [2.05, 4.69) is 0 Å². The normalized spacial score (nSPS) is 23.0. The first-order valence-corrected chi connectivity index (χ1v) is 8.88. The smallest absolute Gasteiger partial charge is 0.225 e. The van der Waals surface area contributed by atoms with Crippen molar-refractivity contribution < 1.29 is 39.5 Å². The third-order valence-corrected chi connectivity index (χ3v) is 5.24. The molecule has 0 radical (unpaired) electrons. The van der Waals surface area contributed by atoms with E-state index in [1.54, 1.807) is 0 Å². The number of hydrogen-bond donors (Lipinski definition) is 0. The van der Waals surface area contributed by atoms with E-state index in [1.165, 1.54) is 41.7 Å². The van der Waals surface area contributed by atoms with Crippen molar-refractivity contribution in [2.75, 3.05) is 0 Å². The quantitative estimate of drug-likeness (QED) is 0.232. The van der Waals surface area contributed by atoms with Crippen molar-refractivity contribution in [1.82, 2.24) is 0 Å². The summed E-state index contributed by atoms with van der Waals surface area (Å²) in [4.78, 5) is 0. The molecule has 2 atom stereocenters. The summed E-state index contributed by atoms with van der Waals surface area (Å²) < 4.78 is 125. The zero-order chi connectivity index (χ0) is 22.5. The zero-order valence-electron chi connectivity index (χ0n) is 14.4. The first kappa shape index (κ1) is 23.6. The minimum atomic E-state index is -6.86. The van der Waals surface area contributed by atoms with E-state index in [0.717, 1.165) is 18.2 Å². The maximum atomic E-state index is 15.7. The lowest BCUT2D eigenvalue weighted by Gasteiger charge is -2.48. The average molecular weight is 539 g/mol. The van der Waals surface area contributed by atoms with Gasteiger partial charge < -0.3 is 0 Å². The van der Waals surface area contributed by atoms with Crippen LogP contribution in [-0.4, -0.2) is 23.9 Å². The summed E-state index contributed by atoms with van der Waals surface area (Å²) in [5.41, 5.74) is -11.4. The van der Waals surface area contributed by atoms with Gasteiger partial charge in [0.2, 0.25) is 0 Å². The molecule has 0 aromatic heterocycles. The van der Waals surface area contributed by atoms with Gasteiger partial charge >= 0.3 is 18.3 Å². The van der Waals surface area contributed by atoms with Crippen LogP contribution in [-0.2, 0) is 5.41 Å². The van der Waals surface area contributed by atoms with Crippen LogP contribution in [0.3, 0.4) is 0 Å². The molecule has 1 aliphatic rings. The Hall–Kier alpha value is -1.71. The van der Waals surface area contributed by atoms with Gasteiger partial charge in [0.25, 0.3) is 5.67 Å². The van der Waals surface area contributed by atoms with Crippen LogP contribution in [0, 0.1) is 11.3 Å². The lowest BCUT2D eigenvalue weighted by molar-refractivity contribution is -0.392. The van der Waals surface area contributed by atoms with Gasteiger partial charge in [0, 0.05) is 0 Å². The molecule has 11 heteroatoms. The van der Waals surface area contributed by atoms with E-state index in [-0.39, 0.29) is 15.6 Å². The standard InChI is InChI=1S/C18H11F9IN/c1-10-6-12(28)8-14(7-10,13-5-3-2-4-11(13)9-29)15(19,17(22,23)24)16(20,21)18(25,26)27/h2-5,7-8H,6H2,1H3. The molecule has 0 spiro atoms. The number of nitriles is 1. The van der Waals surface area contributed by atoms with Gasteiger partial charge in [-0.05, 0) is 51.1 Å². The summed E-state index contributed by atoms with van der Waals surface area (Å²) in [5.74, 6) is -6.83. The average Bonchev–Trinajstić information content (AvgIpc) is 2.57. The summed E-state index contributed by atoms with van der Waals surface area (Å²) in [5, 5.41) is 9.22. The second kappa shape index (κ2) is 7.21. The molecule has 1 aromatic carbocycles. The first-order chi connectivity index (χ1) is 13.0. The molecule has 29 heavy (non-hydrogen) atoms. The number of hydrogen-bond acceptors (Lipinski definition) is 1. The summed E-state index contributed by atoms with van der Waals surface area (Å²) in [7, 11) is 0. The van der Waals surface area contributed by atoms with Gasteiger partial charge in [-0.3, -0.25) is 0 Å². The van der Waals surface area contributed by atoms with Crippen molar-refractivity contribution in [2.45, 2.75) is 42.7 Å². The molecule has 0 heterocycles. The molecule has 1 aliphatic carbocycles. The maximum Gasteiger partial charge on any atom is 0.457 e. The number of nitrogens with zero attached hydrogens (tertiary/aromatic N) is 1. The first-order valence-electron chi connectivity index (χ1n) is 7.80. The fourth-order valence-electron chi connectivity index (χ4n) is 3.39. The molecular weight excluding hydrogens is 528 g/mol. The lowest BCUT2D eigenvalue weighted by atomic mass is 9.61. The molecule has 0 saturated carbocycles. The second-order valence-corrected chi connectivity index (χ2v) is 7.90. The highest BCUT2D eigenvalue weighted by Gasteiger charge is 2.87.